The number of hydrogen-bond acceptors (Lipinski definition) is 4. The highest BCUT2D eigenvalue weighted by Gasteiger charge is 2.17. The molecule has 4 aromatic rings. The number of nitrogens with one attached hydrogen (secondary N) is 2. The minimum atomic E-state index is -3.43. The molecule has 0 amide bonds. The lowest BCUT2D eigenvalue weighted by Crippen LogP contribution is -2.16. The van der Waals surface area contributed by atoms with Gasteiger partial charge in [-0.3, -0.25) is 9.52 Å². The highest BCUT2D eigenvalue weighted by Crippen LogP contribution is 2.26. The van der Waals surface area contributed by atoms with Crippen molar-refractivity contribution in [3.63, 3.8) is 0 Å². The first kappa shape index (κ1) is 19.8. The molecule has 2 aromatic carbocycles. The Morgan fingerprint density at radius 2 is 1.83 bits per heavy atom. The van der Waals surface area contributed by atoms with Gasteiger partial charge < -0.3 is 4.98 Å². The molecule has 0 aliphatic rings. The summed E-state index contributed by atoms with van der Waals surface area (Å²) in [6, 6.07) is 18.3. The maximum absolute atomic E-state index is 13.2. The lowest BCUT2D eigenvalue weighted by Gasteiger charge is -2.08. The molecule has 0 aliphatic heterocycles. The third-order valence-corrected chi connectivity index (χ3v) is 6.25. The van der Waals surface area contributed by atoms with Gasteiger partial charge >= 0.3 is 0 Å². The molecule has 0 bridgehead atoms. The van der Waals surface area contributed by atoms with Crippen LogP contribution in [-0.2, 0) is 10.0 Å². The number of ketones is 1. The van der Waals surface area contributed by atoms with E-state index in [1.54, 1.807) is 43.6 Å². The van der Waals surface area contributed by atoms with Crippen molar-refractivity contribution in [2.75, 3.05) is 10.5 Å². The molecule has 0 fully saturated rings. The largest absolute Gasteiger partial charge is 0.345 e. The molecule has 2 N–H and O–H groups in total. The minimum Gasteiger partial charge on any atom is -0.345 e. The topological polar surface area (TPSA) is 91.9 Å². The fraction of sp³-hybridized carbons (Fsp3) is 0.130. The highest BCUT2D eigenvalue weighted by molar-refractivity contribution is 7.92. The molecule has 0 spiro atoms. The Kier molecular flexibility index (Phi) is 5.37. The summed E-state index contributed by atoms with van der Waals surface area (Å²) in [6.07, 6.45) is 3.92. The first-order valence-corrected chi connectivity index (χ1v) is 11.3. The third-order valence-electron chi connectivity index (χ3n) is 4.75. The van der Waals surface area contributed by atoms with E-state index in [1.807, 2.05) is 36.4 Å². The molecule has 0 saturated heterocycles. The maximum Gasteiger partial charge on any atom is 0.232 e. The number of aromatic amines is 1. The van der Waals surface area contributed by atoms with E-state index >= 15 is 0 Å². The number of aromatic nitrogens is 2. The van der Waals surface area contributed by atoms with Crippen LogP contribution in [0.4, 0.5) is 5.69 Å². The molecule has 0 aliphatic carbocycles. The summed E-state index contributed by atoms with van der Waals surface area (Å²) in [4.78, 5) is 20.7. The summed E-state index contributed by atoms with van der Waals surface area (Å²) < 4.78 is 26.6. The number of carbonyl (C=O) groups excluding carboxylic acids is 1. The van der Waals surface area contributed by atoms with E-state index in [9.17, 15) is 13.2 Å². The number of nitrogens with zero attached hydrogens (tertiary/aromatic N) is 1. The van der Waals surface area contributed by atoms with Gasteiger partial charge in [-0.25, -0.2) is 13.4 Å². The van der Waals surface area contributed by atoms with Gasteiger partial charge in [0.15, 0.2) is 5.78 Å². The smallest absolute Gasteiger partial charge is 0.232 e. The Morgan fingerprint density at radius 3 is 2.60 bits per heavy atom. The van der Waals surface area contributed by atoms with Gasteiger partial charge in [-0.15, -0.1) is 0 Å². The van der Waals surface area contributed by atoms with Gasteiger partial charge in [0.05, 0.1) is 5.75 Å². The highest BCUT2D eigenvalue weighted by atomic mass is 32.2. The van der Waals surface area contributed by atoms with Gasteiger partial charge in [0.25, 0.3) is 0 Å². The van der Waals surface area contributed by atoms with Crippen molar-refractivity contribution in [1.29, 1.82) is 0 Å². The van der Waals surface area contributed by atoms with E-state index in [0.717, 1.165) is 16.5 Å². The summed E-state index contributed by atoms with van der Waals surface area (Å²) in [6.45, 7) is 1.80. The van der Waals surface area contributed by atoms with Gasteiger partial charge in [0.2, 0.25) is 10.0 Å². The monoisotopic (exact) mass is 419 g/mol. The van der Waals surface area contributed by atoms with Crippen LogP contribution in [0.5, 0.6) is 0 Å². The van der Waals surface area contributed by atoms with Crippen molar-refractivity contribution in [2.24, 2.45) is 0 Å². The lowest BCUT2D eigenvalue weighted by molar-refractivity contribution is 0.104. The number of carbonyl (C=O) groups is 1. The Labute approximate surface area is 175 Å². The summed E-state index contributed by atoms with van der Waals surface area (Å²) in [7, 11) is -3.43. The molecule has 152 valence electrons. The Morgan fingerprint density at radius 1 is 1.03 bits per heavy atom. The number of rotatable bonds is 7. The summed E-state index contributed by atoms with van der Waals surface area (Å²) in [5.41, 5.74) is 3.81. The van der Waals surface area contributed by atoms with Crippen molar-refractivity contribution in [2.45, 2.75) is 13.3 Å². The number of sulfonamides is 1. The first-order valence-electron chi connectivity index (χ1n) is 9.64. The molecule has 6 nitrogen and oxygen atoms in total. The van der Waals surface area contributed by atoms with Crippen LogP contribution in [-0.4, -0.2) is 29.9 Å². The van der Waals surface area contributed by atoms with Crippen molar-refractivity contribution in [1.82, 2.24) is 9.97 Å². The number of benzene rings is 2. The maximum atomic E-state index is 13.2. The molecule has 2 aromatic heterocycles. The Bertz CT molecular complexity index is 1310. The molecule has 0 unspecified atom stereocenters. The van der Waals surface area contributed by atoms with Gasteiger partial charge in [0, 0.05) is 40.2 Å². The number of pyridine rings is 1. The first-order chi connectivity index (χ1) is 14.5. The van der Waals surface area contributed by atoms with Crippen molar-refractivity contribution >= 4 is 32.5 Å². The number of hydrogen-bond donors (Lipinski definition) is 2. The zero-order valence-corrected chi connectivity index (χ0v) is 17.2. The predicted octanol–water partition coefficient (Wildman–Crippen LogP) is 4.61. The predicted molar refractivity (Wildman–Crippen MR) is 119 cm³/mol. The lowest BCUT2D eigenvalue weighted by atomic mass is 10.0. The average Bonchev–Trinajstić information content (AvgIpc) is 3.17. The van der Waals surface area contributed by atoms with Crippen LogP contribution < -0.4 is 4.72 Å². The van der Waals surface area contributed by atoms with Crippen LogP contribution in [0.1, 0.15) is 29.3 Å². The fourth-order valence-corrected chi connectivity index (χ4v) is 4.48. The van der Waals surface area contributed by atoms with Crippen LogP contribution in [0, 0.1) is 0 Å². The van der Waals surface area contributed by atoms with Gasteiger partial charge in [-0.2, -0.15) is 0 Å². The second-order valence-electron chi connectivity index (χ2n) is 7.02. The molecule has 2 heterocycles. The molecule has 0 saturated carbocycles. The molecular weight excluding hydrogens is 398 g/mol. The average molecular weight is 420 g/mol. The Balaban J connectivity index is 1.69. The van der Waals surface area contributed by atoms with Crippen LogP contribution in [0.15, 0.2) is 73.1 Å². The molecule has 0 radical (unpaired) electrons. The summed E-state index contributed by atoms with van der Waals surface area (Å²) in [5.74, 6) is -0.175. The van der Waals surface area contributed by atoms with Crippen LogP contribution in [0.3, 0.4) is 0 Å². The SMILES string of the molecule is CCCS(=O)(=O)Nc1cccc(C(=O)c2c[nH]c3ncc(-c4ccccc4)cc23)c1. The van der Waals surface area contributed by atoms with Gasteiger partial charge in [0.1, 0.15) is 5.65 Å². The van der Waals surface area contributed by atoms with Crippen molar-refractivity contribution in [3.05, 3.63) is 84.2 Å². The number of fused-ring (bicyclic) bond motifs is 1. The van der Waals surface area contributed by atoms with E-state index in [1.165, 1.54) is 0 Å². The van der Waals surface area contributed by atoms with Crippen molar-refractivity contribution in [3.8, 4) is 11.1 Å². The van der Waals surface area contributed by atoms with E-state index in [4.69, 9.17) is 0 Å². The van der Waals surface area contributed by atoms with E-state index < -0.39 is 10.0 Å². The zero-order valence-electron chi connectivity index (χ0n) is 16.4. The van der Waals surface area contributed by atoms with Crippen LogP contribution >= 0.6 is 0 Å². The minimum absolute atomic E-state index is 0.0293. The molecule has 4 rings (SSSR count). The molecule has 30 heavy (non-hydrogen) atoms. The molecule has 0 atom stereocenters. The van der Waals surface area contributed by atoms with Gasteiger partial charge in [-0.05, 0) is 30.2 Å². The molecule has 7 heteroatoms. The second-order valence-corrected chi connectivity index (χ2v) is 8.86. The second kappa shape index (κ2) is 8.12. The number of anilines is 1. The van der Waals surface area contributed by atoms with Crippen LogP contribution in [0.25, 0.3) is 22.2 Å². The quantitative estimate of drug-likeness (QED) is 0.428. The zero-order chi connectivity index (χ0) is 21.1. The molecular formula is C23H21N3O3S. The number of H-pyrrole nitrogens is 1. The standard InChI is InChI=1S/C23H21N3O3S/c1-2-11-30(28,29)26-19-10-6-9-17(12-19)22(27)21-15-25-23-20(21)13-18(14-24-23)16-7-4-3-5-8-16/h3-10,12-15,26H,2,11H2,1H3,(H,24,25). The van der Waals surface area contributed by atoms with Crippen molar-refractivity contribution < 1.29 is 13.2 Å². The van der Waals surface area contributed by atoms with Gasteiger partial charge in [-0.1, -0.05) is 49.4 Å². The van der Waals surface area contributed by atoms with E-state index in [-0.39, 0.29) is 11.5 Å². The third kappa shape index (κ3) is 4.11. The van der Waals surface area contributed by atoms with Crippen LogP contribution in [0.2, 0.25) is 0 Å². The summed E-state index contributed by atoms with van der Waals surface area (Å²) in [5, 5.41) is 0.721. The Hall–Kier alpha value is -3.45. The summed E-state index contributed by atoms with van der Waals surface area (Å²) >= 11 is 0. The normalized spacial score (nSPS) is 11.5. The van der Waals surface area contributed by atoms with E-state index in [2.05, 4.69) is 14.7 Å². The van der Waals surface area contributed by atoms with E-state index in [0.29, 0.717) is 28.9 Å². The fourth-order valence-electron chi connectivity index (χ4n) is 3.36.